The van der Waals surface area contributed by atoms with Crippen LogP contribution in [0.3, 0.4) is 0 Å². The molecule has 0 saturated carbocycles. The largest absolute Gasteiger partial charge is 0.386 e. The summed E-state index contributed by atoms with van der Waals surface area (Å²) < 4.78 is 27.0. The van der Waals surface area contributed by atoms with E-state index in [4.69, 9.17) is 23.2 Å². The second kappa shape index (κ2) is 5.58. The van der Waals surface area contributed by atoms with Crippen molar-refractivity contribution in [1.82, 2.24) is 0 Å². The van der Waals surface area contributed by atoms with Crippen molar-refractivity contribution < 1.29 is 8.42 Å². The van der Waals surface area contributed by atoms with E-state index >= 15 is 0 Å². The molecule has 0 atom stereocenters. The van der Waals surface area contributed by atoms with E-state index in [1.807, 2.05) is 0 Å². The molecule has 0 fully saturated rings. The number of anilines is 2. The van der Waals surface area contributed by atoms with Gasteiger partial charge in [0.05, 0.1) is 21.4 Å². The van der Waals surface area contributed by atoms with Crippen molar-refractivity contribution in [3.8, 4) is 0 Å². The standard InChI is InChI=1S/C11H10Cl2N2O2S2/c1-14-9-5-7(12)8(13)6-10(9)15-19(16,17)11-3-2-4-18-11/h2-6,14-15H,1H3. The Morgan fingerprint density at radius 3 is 2.32 bits per heavy atom. The first-order valence-corrected chi connectivity index (χ1v) is 8.29. The summed E-state index contributed by atoms with van der Waals surface area (Å²) in [6.45, 7) is 0. The van der Waals surface area contributed by atoms with Gasteiger partial charge in [0, 0.05) is 7.05 Å². The number of hydrogen-bond acceptors (Lipinski definition) is 4. The molecule has 0 bridgehead atoms. The number of thiophene rings is 1. The molecule has 8 heteroatoms. The maximum absolute atomic E-state index is 12.1. The Kier molecular flexibility index (Phi) is 4.25. The first-order valence-electron chi connectivity index (χ1n) is 5.17. The van der Waals surface area contributed by atoms with E-state index in [9.17, 15) is 8.42 Å². The molecular formula is C11H10Cl2N2O2S2. The van der Waals surface area contributed by atoms with Crippen LogP contribution in [-0.4, -0.2) is 15.5 Å². The maximum Gasteiger partial charge on any atom is 0.271 e. The predicted molar refractivity (Wildman–Crippen MR) is 81.1 cm³/mol. The third kappa shape index (κ3) is 3.14. The smallest absolute Gasteiger partial charge is 0.271 e. The van der Waals surface area contributed by atoms with Crippen molar-refractivity contribution in [2.45, 2.75) is 4.21 Å². The summed E-state index contributed by atoms with van der Waals surface area (Å²) in [5, 5.41) is 5.20. The molecule has 0 aliphatic carbocycles. The molecular weight excluding hydrogens is 327 g/mol. The van der Waals surface area contributed by atoms with Crippen LogP contribution < -0.4 is 10.0 Å². The summed E-state index contributed by atoms with van der Waals surface area (Å²) >= 11 is 12.9. The number of nitrogens with one attached hydrogen (secondary N) is 2. The van der Waals surface area contributed by atoms with Gasteiger partial charge in [0.2, 0.25) is 0 Å². The van der Waals surface area contributed by atoms with Gasteiger partial charge in [-0.3, -0.25) is 4.72 Å². The molecule has 2 aromatic rings. The van der Waals surface area contributed by atoms with Crippen LogP contribution >= 0.6 is 34.5 Å². The third-order valence-corrected chi connectivity index (χ3v) is 5.82. The fourth-order valence-corrected chi connectivity index (χ4v) is 3.84. The van der Waals surface area contributed by atoms with Gasteiger partial charge in [-0.15, -0.1) is 11.3 Å². The summed E-state index contributed by atoms with van der Waals surface area (Å²) in [6, 6.07) is 6.24. The van der Waals surface area contributed by atoms with Crippen LogP contribution in [0.2, 0.25) is 10.0 Å². The Bertz CT molecular complexity index is 685. The average Bonchev–Trinajstić information content (AvgIpc) is 2.87. The lowest BCUT2D eigenvalue weighted by atomic mass is 10.3. The van der Waals surface area contributed by atoms with Gasteiger partial charge in [-0.25, -0.2) is 8.42 Å². The van der Waals surface area contributed by atoms with Crippen molar-refractivity contribution in [3.63, 3.8) is 0 Å². The minimum atomic E-state index is -3.61. The first-order chi connectivity index (χ1) is 8.94. The summed E-state index contributed by atoms with van der Waals surface area (Å²) in [4.78, 5) is 0. The normalized spacial score (nSPS) is 11.3. The fraction of sp³-hybridized carbons (Fsp3) is 0.0909. The fourth-order valence-electron chi connectivity index (χ4n) is 1.45. The minimum absolute atomic E-state index is 0.237. The van der Waals surface area contributed by atoms with Gasteiger partial charge < -0.3 is 5.32 Å². The van der Waals surface area contributed by atoms with E-state index in [1.165, 1.54) is 12.1 Å². The second-order valence-corrected chi connectivity index (χ2v) is 7.27. The maximum atomic E-state index is 12.1. The monoisotopic (exact) mass is 336 g/mol. The quantitative estimate of drug-likeness (QED) is 0.890. The van der Waals surface area contributed by atoms with E-state index in [1.54, 1.807) is 24.6 Å². The topological polar surface area (TPSA) is 58.2 Å². The summed E-state index contributed by atoms with van der Waals surface area (Å²) in [6.07, 6.45) is 0. The average molecular weight is 337 g/mol. The Labute approximate surface area is 125 Å². The molecule has 0 spiro atoms. The Hall–Kier alpha value is -0.950. The molecule has 0 unspecified atom stereocenters. The van der Waals surface area contributed by atoms with Crippen molar-refractivity contribution in [2.24, 2.45) is 0 Å². The van der Waals surface area contributed by atoms with Gasteiger partial charge in [0.1, 0.15) is 4.21 Å². The van der Waals surface area contributed by atoms with Crippen molar-refractivity contribution in [1.29, 1.82) is 0 Å². The van der Waals surface area contributed by atoms with Gasteiger partial charge in [-0.1, -0.05) is 29.3 Å². The highest BCUT2D eigenvalue weighted by molar-refractivity contribution is 7.94. The van der Waals surface area contributed by atoms with E-state index in [-0.39, 0.29) is 9.23 Å². The molecule has 1 heterocycles. The van der Waals surface area contributed by atoms with Gasteiger partial charge >= 0.3 is 0 Å². The zero-order valence-corrected chi connectivity index (χ0v) is 12.9. The van der Waals surface area contributed by atoms with Crippen LogP contribution in [-0.2, 0) is 10.0 Å². The molecule has 1 aromatic carbocycles. The highest BCUT2D eigenvalue weighted by Crippen LogP contribution is 2.34. The van der Waals surface area contributed by atoms with Gasteiger partial charge in [0.25, 0.3) is 10.0 Å². The number of rotatable bonds is 4. The van der Waals surface area contributed by atoms with Crippen LogP contribution in [0.25, 0.3) is 0 Å². The Balaban J connectivity index is 2.41. The van der Waals surface area contributed by atoms with Crippen LogP contribution in [0.5, 0.6) is 0 Å². The molecule has 0 amide bonds. The molecule has 2 rings (SSSR count). The molecule has 0 radical (unpaired) electrons. The number of halogens is 2. The van der Waals surface area contributed by atoms with E-state index in [0.29, 0.717) is 16.4 Å². The molecule has 0 saturated heterocycles. The van der Waals surface area contributed by atoms with Gasteiger partial charge in [0.15, 0.2) is 0 Å². The molecule has 19 heavy (non-hydrogen) atoms. The number of hydrogen-bond donors (Lipinski definition) is 2. The Morgan fingerprint density at radius 2 is 1.79 bits per heavy atom. The van der Waals surface area contributed by atoms with E-state index in [2.05, 4.69) is 10.0 Å². The molecule has 4 nitrogen and oxygen atoms in total. The van der Waals surface area contributed by atoms with Crippen LogP contribution in [0.15, 0.2) is 33.9 Å². The van der Waals surface area contributed by atoms with Crippen LogP contribution in [0.1, 0.15) is 0 Å². The number of benzene rings is 1. The molecule has 0 aliphatic heterocycles. The van der Waals surface area contributed by atoms with E-state index < -0.39 is 10.0 Å². The highest BCUT2D eigenvalue weighted by atomic mass is 35.5. The van der Waals surface area contributed by atoms with E-state index in [0.717, 1.165) is 11.3 Å². The first kappa shape index (κ1) is 14.5. The third-order valence-electron chi connectivity index (χ3n) is 2.33. The van der Waals surface area contributed by atoms with Crippen LogP contribution in [0, 0.1) is 0 Å². The lowest BCUT2D eigenvalue weighted by Crippen LogP contribution is -2.12. The van der Waals surface area contributed by atoms with Gasteiger partial charge in [-0.05, 0) is 23.6 Å². The van der Waals surface area contributed by atoms with Crippen molar-refractivity contribution >= 4 is 55.9 Å². The van der Waals surface area contributed by atoms with Crippen molar-refractivity contribution in [2.75, 3.05) is 17.1 Å². The van der Waals surface area contributed by atoms with Crippen LogP contribution in [0.4, 0.5) is 11.4 Å². The SMILES string of the molecule is CNc1cc(Cl)c(Cl)cc1NS(=O)(=O)c1cccs1. The highest BCUT2D eigenvalue weighted by Gasteiger charge is 2.17. The lowest BCUT2D eigenvalue weighted by molar-refractivity contribution is 0.603. The summed E-state index contributed by atoms with van der Waals surface area (Å²) in [5.74, 6) is 0. The molecule has 2 N–H and O–H groups in total. The minimum Gasteiger partial charge on any atom is -0.386 e. The Morgan fingerprint density at radius 1 is 1.16 bits per heavy atom. The lowest BCUT2D eigenvalue weighted by Gasteiger charge is -2.12. The zero-order valence-electron chi connectivity index (χ0n) is 9.78. The zero-order chi connectivity index (χ0) is 14.0. The summed E-state index contributed by atoms with van der Waals surface area (Å²) in [7, 11) is -1.94. The van der Waals surface area contributed by atoms with Gasteiger partial charge in [-0.2, -0.15) is 0 Å². The summed E-state index contributed by atoms with van der Waals surface area (Å²) in [5.41, 5.74) is 0.903. The molecule has 102 valence electrons. The number of sulfonamides is 1. The second-order valence-electron chi connectivity index (χ2n) is 3.60. The van der Waals surface area contributed by atoms with Crippen molar-refractivity contribution in [3.05, 3.63) is 39.7 Å². The molecule has 0 aliphatic rings. The molecule has 1 aromatic heterocycles. The predicted octanol–water partition coefficient (Wildman–Crippen LogP) is 3.90.